The zero-order chi connectivity index (χ0) is 19.5. The second kappa shape index (κ2) is 20.8. The molecule has 0 saturated carbocycles. The summed E-state index contributed by atoms with van der Waals surface area (Å²) in [6.07, 6.45) is 20.9. The average molecular weight is 414 g/mol. The molecule has 156 valence electrons. The number of allylic oxidation sites excluding steroid dienone is 2. The van der Waals surface area contributed by atoms with E-state index in [-0.39, 0.29) is 43.4 Å². The van der Waals surface area contributed by atoms with E-state index >= 15 is 0 Å². The molecule has 0 spiro atoms. The van der Waals surface area contributed by atoms with Gasteiger partial charge >= 0.3 is 29.6 Å². The quantitative estimate of drug-likeness (QED) is 0.156. The van der Waals surface area contributed by atoms with Gasteiger partial charge in [-0.05, 0) is 32.1 Å². The molecule has 0 aliphatic rings. The SMILES string of the molecule is CCCCCCCC/C=C\CCCCCCCC(=O)NCCS(=O)(=O)O.[H-].[Na+]. The van der Waals surface area contributed by atoms with Crippen LogP contribution < -0.4 is 34.9 Å². The van der Waals surface area contributed by atoms with Gasteiger partial charge in [0, 0.05) is 13.0 Å². The van der Waals surface area contributed by atoms with Crippen molar-refractivity contribution in [1.29, 1.82) is 0 Å². The maximum Gasteiger partial charge on any atom is 1.00 e. The Labute approximate surface area is 190 Å². The van der Waals surface area contributed by atoms with E-state index in [9.17, 15) is 13.2 Å². The van der Waals surface area contributed by atoms with Gasteiger partial charge in [0.05, 0.1) is 5.75 Å². The molecule has 0 aromatic rings. The van der Waals surface area contributed by atoms with Crippen LogP contribution in [0.1, 0.15) is 98.2 Å². The van der Waals surface area contributed by atoms with E-state index in [1.165, 1.54) is 57.8 Å². The fourth-order valence-electron chi connectivity index (χ4n) is 2.76. The molecule has 27 heavy (non-hydrogen) atoms. The van der Waals surface area contributed by atoms with E-state index in [1.54, 1.807) is 0 Å². The number of amides is 1. The molecule has 0 fully saturated rings. The van der Waals surface area contributed by atoms with Gasteiger partial charge in [-0.3, -0.25) is 9.35 Å². The van der Waals surface area contributed by atoms with Crippen molar-refractivity contribution in [3.8, 4) is 0 Å². The minimum Gasteiger partial charge on any atom is -1.00 e. The van der Waals surface area contributed by atoms with Crippen LogP contribution in [-0.4, -0.2) is 31.2 Å². The number of rotatable bonds is 18. The Kier molecular flexibility index (Phi) is 22.6. The largest absolute Gasteiger partial charge is 1.00 e. The van der Waals surface area contributed by atoms with Crippen LogP contribution in [0.5, 0.6) is 0 Å². The van der Waals surface area contributed by atoms with Gasteiger partial charge in [0.25, 0.3) is 10.1 Å². The Morgan fingerprint density at radius 2 is 1.37 bits per heavy atom. The van der Waals surface area contributed by atoms with Crippen molar-refractivity contribution in [1.82, 2.24) is 5.32 Å². The first-order valence-electron chi connectivity index (χ1n) is 10.3. The zero-order valence-electron chi connectivity index (χ0n) is 18.5. The Morgan fingerprint density at radius 3 is 1.89 bits per heavy atom. The molecule has 0 atom stereocenters. The van der Waals surface area contributed by atoms with Gasteiger partial charge in [-0.15, -0.1) is 0 Å². The maximum atomic E-state index is 11.5. The molecule has 0 aromatic heterocycles. The van der Waals surface area contributed by atoms with E-state index in [0.717, 1.165) is 25.7 Å². The van der Waals surface area contributed by atoms with Crippen LogP contribution in [0.25, 0.3) is 0 Å². The summed E-state index contributed by atoms with van der Waals surface area (Å²) in [5.41, 5.74) is 0. The zero-order valence-corrected chi connectivity index (χ0v) is 20.4. The van der Waals surface area contributed by atoms with Crippen LogP contribution in [-0.2, 0) is 14.9 Å². The molecule has 0 aliphatic heterocycles. The monoisotopic (exact) mass is 413 g/mol. The first-order chi connectivity index (χ1) is 12.5. The third-order valence-electron chi connectivity index (χ3n) is 4.35. The number of nitrogens with one attached hydrogen (secondary N) is 1. The van der Waals surface area contributed by atoms with Crippen molar-refractivity contribution < 1.29 is 48.7 Å². The number of hydrogen-bond acceptors (Lipinski definition) is 3. The van der Waals surface area contributed by atoms with E-state index in [1.807, 2.05) is 0 Å². The van der Waals surface area contributed by atoms with Crippen LogP contribution in [0, 0.1) is 0 Å². The summed E-state index contributed by atoms with van der Waals surface area (Å²) in [4.78, 5) is 11.5. The summed E-state index contributed by atoms with van der Waals surface area (Å²) in [6, 6.07) is 0. The average Bonchev–Trinajstić information content (AvgIpc) is 2.57. The second-order valence-electron chi connectivity index (χ2n) is 6.97. The van der Waals surface area contributed by atoms with Crippen LogP contribution in [0.2, 0.25) is 0 Å². The number of carbonyl (C=O) groups excluding carboxylic acids is 1. The van der Waals surface area contributed by atoms with E-state index < -0.39 is 15.9 Å². The number of hydrogen-bond donors (Lipinski definition) is 2. The molecule has 0 unspecified atom stereocenters. The van der Waals surface area contributed by atoms with Crippen molar-refractivity contribution in [2.75, 3.05) is 12.3 Å². The minimum atomic E-state index is -3.99. The fourth-order valence-corrected chi connectivity index (χ4v) is 3.12. The third kappa shape index (κ3) is 26.1. The van der Waals surface area contributed by atoms with Gasteiger partial charge in [-0.25, -0.2) is 0 Å². The minimum absolute atomic E-state index is 0. The molecule has 7 heteroatoms. The summed E-state index contributed by atoms with van der Waals surface area (Å²) in [5, 5.41) is 2.50. The second-order valence-corrected chi connectivity index (χ2v) is 8.54. The van der Waals surface area contributed by atoms with Gasteiger partial charge in [-0.1, -0.05) is 70.4 Å². The topological polar surface area (TPSA) is 83.5 Å². The molecule has 0 bridgehead atoms. The van der Waals surface area contributed by atoms with E-state index in [4.69, 9.17) is 4.55 Å². The Balaban J connectivity index is -0.00000312. The van der Waals surface area contributed by atoms with Crippen molar-refractivity contribution >= 4 is 16.0 Å². The molecular weight excluding hydrogens is 373 g/mol. The third-order valence-corrected chi connectivity index (χ3v) is 5.07. The first-order valence-corrected chi connectivity index (χ1v) is 11.9. The predicted molar refractivity (Wildman–Crippen MR) is 110 cm³/mol. The molecule has 0 aliphatic carbocycles. The van der Waals surface area contributed by atoms with Gasteiger partial charge in [-0.2, -0.15) is 8.42 Å². The van der Waals surface area contributed by atoms with Gasteiger partial charge in [0.1, 0.15) is 0 Å². The molecule has 0 rings (SSSR count). The van der Waals surface area contributed by atoms with Crippen molar-refractivity contribution in [2.45, 2.75) is 96.8 Å². The van der Waals surface area contributed by atoms with E-state index in [0.29, 0.717) is 6.42 Å². The summed E-state index contributed by atoms with van der Waals surface area (Å²) < 4.78 is 29.6. The van der Waals surface area contributed by atoms with Gasteiger partial charge in [0.15, 0.2) is 0 Å². The van der Waals surface area contributed by atoms with Crippen LogP contribution >= 0.6 is 0 Å². The number of carbonyl (C=O) groups is 1. The molecule has 0 heterocycles. The summed E-state index contributed by atoms with van der Waals surface area (Å²) in [6.45, 7) is 2.22. The summed E-state index contributed by atoms with van der Waals surface area (Å²) in [5.74, 6) is -0.572. The Hall–Kier alpha value is 0.120. The Morgan fingerprint density at radius 1 is 0.889 bits per heavy atom. The van der Waals surface area contributed by atoms with Crippen molar-refractivity contribution in [3.63, 3.8) is 0 Å². The first kappa shape index (κ1) is 29.3. The molecule has 5 nitrogen and oxygen atoms in total. The number of unbranched alkanes of at least 4 members (excludes halogenated alkanes) is 11. The van der Waals surface area contributed by atoms with Crippen molar-refractivity contribution in [2.24, 2.45) is 0 Å². The molecule has 0 saturated heterocycles. The van der Waals surface area contributed by atoms with Gasteiger partial charge in [0.2, 0.25) is 5.91 Å². The standard InChI is InChI=1S/C20H39NO4S.Na.H/c1-2-3-4-5-6-7-8-9-10-11-12-13-14-15-16-17-20(22)21-18-19-26(23,24)25;;/h9-10H,2-8,11-19H2,1H3,(H,21,22)(H,23,24,25);;/q;+1;-1/b10-9-;;. The van der Waals surface area contributed by atoms with Gasteiger partial charge < -0.3 is 6.74 Å². The van der Waals surface area contributed by atoms with Crippen LogP contribution in [0.3, 0.4) is 0 Å². The normalized spacial score (nSPS) is 11.5. The summed E-state index contributed by atoms with van der Waals surface area (Å²) in [7, 11) is -3.99. The molecule has 0 radical (unpaired) electrons. The molecule has 2 N–H and O–H groups in total. The van der Waals surface area contributed by atoms with Crippen molar-refractivity contribution in [3.05, 3.63) is 12.2 Å². The summed E-state index contributed by atoms with van der Waals surface area (Å²) >= 11 is 0. The fraction of sp³-hybridized carbons (Fsp3) is 0.850. The Bertz CT molecular complexity index is 473. The van der Waals surface area contributed by atoms with Crippen LogP contribution in [0.15, 0.2) is 12.2 Å². The smallest absolute Gasteiger partial charge is 1.00 e. The molecule has 0 aromatic carbocycles. The maximum absolute atomic E-state index is 11.5. The molecular formula is C20H40NNaO4S. The van der Waals surface area contributed by atoms with E-state index in [2.05, 4.69) is 24.4 Å². The molecule has 1 amide bonds. The predicted octanol–water partition coefficient (Wildman–Crippen LogP) is 2.14. The van der Waals surface area contributed by atoms with Crippen LogP contribution in [0.4, 0.5) is 0 Å².